The molecule has 1 aliphatic rings. The molecule has 0 aliphatic carbocycles. The van der Waals surface area contributed by atoms with Gasteiger partial charge in [0.05, 0.1) is 5.54 Å². The Kier molecular flexibility index (Phi) is 5.80. The van der Waals surface area contributed by atoms with Crippen molar-refractivity contribution in [1.29, 1.82) is 0 Å². The van der Waals surface area contributed by atoms with Crippen LogP contribution in [0.25, 0.3) is 0 Å². The minimum Gasteiger partial charge on any atom is -0.598 e. The Balaban J connectivity index is 1.94. The summed E-state index contributed by atoms with van der Waals surface area (Å²) in [4.78, 5) is 2.41. The van der Waals surface area contributed by atoms with E-state index in [-0.39, 0.29) is 10.3 Å². The molecule has 1 fully saturated rings. The molecule has 1 N–H and O–H groups in total. The highest BCUT2D eigenvalue weighted by atomic mass is 32.2. The van der Waals surface area contributed by atoms with Crippen LogP contribution in [-0.2, 0) is 17.9 Å². The van der Waals surface area contributed by atoms with Gasteiger partial charge in [-0.05, 0) is 33.3 Å². The first-order chi connectivity index (χ1) is 10.7. The van der Waals surface area contributed by atoms with Crippen LogP contribution in [0, 0.1) is 18.3 Å². The van der Waals surface area contributed by atoms with Crippen molar-refractivity contribution >= 4 is 11.4 Å². The summed E-state index contributed by atoms with van der Waals surface area (Å²) in [6, 6.07) is 10.5. The van der Waals surface area contributed by atoms with E-state index in [4.69, 9.17) is 6.42 Å². The highest BCUT2D eigenvalue weighted by molar-refractivity contribution is 7.90. The largest absolute Gasteiger partial charge is 0.598 e. The number of likely N-dealkylation sites (tertiary alicyclic amines) is 1. The van der Waals surface area contributed by atoms with Gasteiger partial charge >= 0.3 is 0 Å². The molecule has 2 rings (SSSR count). The van der Waals surface area contributed by atoms with Crippen LogP contribution < -0.4 is 4.72 Å². The van der Waals surface area contributed by atoms with Crippen LogP contribution in [0.15, 0.2) is 30.3 Å². The fraction of sp³-hybridized carbons (Fsp3) is 0.579. The zero-order valence-corrected chi connectivity index (χ0v) is 15.5. The van der Waals surface area contributed by atoms with Crippen LogP contribution in [0.2, 0.25) is 0 Å². The van der Waals surface area contributed by atoms with Gasteiger partial charge in [0.2, 0.25) is 0 Å². The number of terminal acetylenes is 1. The SMILES string of the molecule is C#CCC(C)(N[S+]([O-])C(C)(C)C)C1CN(Cc2ccccc2)C1. The minimum absolute atomic E-state index is 0.278. The van der Waals surface area contributed by atoms with Crippen molar-refractivity contribution in [2.45, 2.75) is 50.9 Å². The molecule has 0 radical (unpaired) electrons. The van der Waals surface area contributed by atoms with Gasteiger partial charge in [0.25, 0.3) is 0 Å². The maximum atomic E-state index is 12.5. The van der Waals surface area contributed by atoms with Crippen LogP contribution >= 0.6 is 0 Å². The summed E-state index contributed by atoms with van der Waals surface area (Å²) < 4.78 is 15.5. The van der Waals surface area contributed by atoms with E-state index in [2.05, 4.69) is 46.7 Å². The van der Waals surface area contributed by atoms with Crippen molar-refractivity contribution < 1.29 is 4.55 Å². The number of rotatable bonds is 6. The molecule has 1 aromatic carbocycles. The van der Waals surface area contributed by atoms with Crippen molar-refractivity contribution in [3.05, 3.63) is 35.9 Å². The number of benzene rings is 1. The molecule has 0 spiro atoms. The van der Waals surface area contributed by atoms with Crippen LogP contribution in [0.5, 0.6) is 0 Å². The van der Waals surface area contributed by atoms with Gasteiger partial charge in [-0.3, -0.25) is 4.90 Å². The topological polar surface area (TPSA) is 38.3 Å². The van der Waals surface area contributed by atoms with Crippen molar-refractivity contribution in [3.8, 4) is 12.3 Å². The van der Waals surface area contributed by atoms with Crippen molar-refractivity contribution in [3.63, 3.8) is 0 Å². The van der Waals surface area contributed by atoms with E-state index >= 15 is 0 Å². The summed E-state index contributed by atoms with van der Waals surface area (Å²) in [5.41, 5.74) is 1.05. The van der Waals surface area contributed by atoms with E-state index in [0.29, 0.717) is 12.3 Å². The average Bonchev–Trinajstić information content (AvgIpc) is 2.42. The normalized spacial score (nSPS) is 20.3. The van der Waals surface area contributed by atoms with Crippen molar-refractivity contribution in [2.75, 3.05) is 13.1 Å². The summed E-state index contributed by atoms with van der Waals surface area (Å²) >= 11 is -1.11. The summed E-state index contributed by atoms with van der Waals surface area (Å²) in [6.07, 6.45) is 6.17. The third-order valence-electron chi connectivity index (χ3n) is 4.46. The number of nitrogens with zero attached hydrogens (tertiary/aromatic N) is 1. The van der Waals surface area contributed by atoms with Gasteiger partial charge in [0.1, 0.15) is 4.75 Å². The summed E-state index contributed by atoms with van der Waals surface area (Å²) in [5.74, 6) is 3.19. The second kappa shape index (κ2) is 7.27. The molecule has 0 aromatic heterocycles. The lowest BCUT2D eigenvalue weighted by Crippen LogP contribution is -2.64. The highest BCUT2D eigenvalue weighted by Crippen LogP contribution is 2.33. The van der Waals surface area contributed by atoms with Crippen molar-refractivity contribution in [1.82, 2.24) is 9.62 Å². The molecule has 2 unspecified atom stereocenters. The smallest absolute Gasteiger partial charge is 0.136 e. The first kappa shape index (κ1) is 18.4. The molecule has 0 saturated carbocycles. The maximum Gasteiger partial charge on any atom is 0.136 e. The third kappa shape index (κ3) is 4.74. The molecule has 2 atom stereocenters. The third-order valence-corrected chi connectivity index (χ3v) is 6.22. The Bertz CT molecular complexity index is 543. The van der Waals surface area contributed by atoms with Crippen LogP contribution in [0.1, 0.15) is 39.7 Å². The standard InChI is InChI=1S/C19H28N2OS/c1-6-12-19(5,20-23(22)18(2,3)4)17-14-21(15-17)13-16-10-8-7-9-11-16/h1,7-11,17,20H,12-15H2,2-5H3. The molecular weight excluding hydrogens is 304 g/mol. The average molecular weight is 333 g/mol. The second-order valence-corrected chi connectivity index (χ2v) is 9.62. The Morgan fingerprint density at radius 2 is 1.87 bits per heavy atom. The zero-order chi connectivity index (χ0) is 17.1. The number of hydrogen-bond donors (Lipinski definition) is 1. The molecule has 126 valence electrons. The lowest BCUT2D eigenvalue weighted by molar-refractivity contribution is 0.0365. The van der Waals surface area contributed by atoms with Gasteiger partial charge in [-0.15, -0.1) is 17.1 Å². The van der Waals surface area contributed by atoms with Crippen LogP contribution in [-0.4, -0.2) is 32.8 Å². The Morgan fingerprint density at radius 1 is 1.26 bits per heavy atom. The molecule has 4 heteroatoms. The summed E-state index contributed by atoms with van der Waals surface area (Å²) in [7, 11) is 0. The molecule has 3 nitrogen and oxygen atoms in total. The van der Waals surface area contributed by atoms with Crippen LogP contribution in [0.3, 0.4) is 0 Å². The molecule has 1 saturated heterocycles. The fourth-order valence-electron chi connectivity index (χ4n) is 2.78. The molecule has 23 heavy (non-hydrogen) atoms. The molecule has 1 heterocycles. The highest BCUT2D eigenvalue weighted by Gasteiger charge is 2.46. The van der Waals surface area contributed by atoms with Crippen LogP contribution in [0.4, 0.5) is 0 Å². The molecule has 0 bridgehead atoms. The second-order valence-electron chi connectivity index (χ2n) is 7.66. The van der Waals surface area contributed by atoms with Gasteiger partial charge in [0.15, 0.2) is 0 Å². The predicted octanol–water partition coefficient (Wildman–Crippen LogP) is 2.95. The van der Waals surface area contributed by atoms with E-state index in [1.807, 2.05) is 26.8 Å². The predicted molar refractivity (Wildman–Crippen MR) is 98.1 cm³/mol. The van der Waals surface area contributed by atoms with E-state index < -0.39 is 11.4 Å². The maximum absolute atomic E-state index is 12.5. The van der Waals surface area contributed by atoms with E-state index in [9.17, 15) is 4.55 Å². The van der Waals surface area contributed by atoms with E-state index in [1.54, 1.807) is 0 Å². The monoisotopic (exact) mass is 332 g/mol. The first-order valence-electron chi connectivity index (χ1n) is 8.14. The molecular formula is C19H28N2OS. The van der Waals surface area contributed by atoms with Gasteiger partial charge in [-0.1, -0.05) is 30.3 Å². The summed E-state index contributed by atoms with van der Waals surface area (Å²) in [6.45, 7) is 11.0. The van der Waals surface area contributed by atoms with Gasteiger partial charge < -0.3 is 4.55 Å². The van der Waals surface area contributed by atoms with Gasteiger partial charge in [0, 0.05) is 43.3 Å². The zero-order valence-electron chi connectivity index (χ0n) is 14.6. The van der Waals surface area contributed by atoms with Gasteiger partial charge in [-0.25, -0.2) is 0 Å². The summed E-state index contributed by atoms with van der Waals surface area (Å²) in [5, 5.41) is 0. The minimum atomic E-state index is -1.11. The lowest BCUT2D eigenvalue weighted by Gasteiger charge is -2.49. The lowest BCUT2D eigenvalue weighted by atomic mass is 9.78. The number of nitrogens with one attached hydrogen (secondary N) is 1. The fourth-order valence-corrected chi connectivity index (χ4v) is 3.75. The Morgan fingerprint density at radius 3 is 2.39 bits per heavy atom. The molecule has 1 aliphatic heterocycles. The first-order valence-corrected chi connectivity index (χ1v) is 9.29. The van der Waals surface area contributed by atoms with E-state index in [1.165, 1.54) is 5.56 Å². The Labute approximate surface area is 144 Å². The quantitative estimate of drug-likeness (QED) is 0.643. The molecule has 0 amide bonds. The molecule has 1 aromatic rings. The van der Waals surface area contributed by atoms with E-state index in [0.717, 1.165) is 19.6 Å². The van der Waals surface area contributed by atoms with Crippen molar-refractivity contribution in [2.24, 2.45) is 5.92 Å². The van der Waals surface area contributed by atoms with Gasteiger partial charge in [-0.2, -0.15) is 0 Å². The number of hydrogen-bond acceptors (Lipinski definition) is 3. The Hall–Kier alpha value is -0.990.